The lowest BCUT2D eigenvalue weighted by molar-refractivity contribution is -0.138. The quantitative estimate of drug-likeness (QED) is 0.0759. The summed E-state index contributed by atoms with van der Waals surface area (Å²) in [6, 6.07) is 0. The van der Waals surface area contributed by atoms with E-state index in [0.29, 0.717) is 6.61 Å². The van der Waals surface area contributed by atoms with E-state index in [1.54, 1.807) is 0 Å². The molecule has 0 amide bonds. The van der Waals surface area contributed by atoms with Gasteiger partial charge in [-0.1, -0.05) is 113 Å². The van der Waals surface area contributed by atoms with E-state index < -0.39 is 0 Å². The number of halogens is 1. The first-order chi connectivity index (χ1) is 11.8. The summed E-state index contributed by atoms with van der Waals surface area (Å²) in [5.41, 5.74) is 0.830. The molecule has 0 bridgehead atoms. The second-order valence-corrected chi connectivity index (χ2v) is 7.38. The number of allylic oxidation sites excluding steroid dienone is 1. The Bertz CT molecular complexity index is 313. The Hall–Kier alpha value is -0.0600. The number of ether oxygens (including phenoxy) is 1. The maximum Gasteiger partial charge on any atom is 0.334 e. The molecule has 0 N–H and O–H groups in total. The molecule has 24 heavy (non-hydrogen) atoms. The van der Waals surface area contributed by atoms with Gasteiger partial charge in [-0.2, -0.15) is 0 Å². The molecule has 0 rings (SSSR count). The number of rotatable bonds is 17. The van der Waals surface area contributed by atoms with Gasteiger partial charge in [0.1, 0.15) is 0 Å². The first kappa shape index (κ1) is 23.9. The van der Waals surface area contributed by atoms with Gasteiger partial charge in [0.05, 0.1) is 6.61 Å². The summed E-state index contributed by atoms with van der Waals surface area (Å²) in [5.74, 6) is -0.137. The lowest BCUT2D eigenvalue weighted by atomic mass is 10.0. The van der Waals surface area contributed by atoms with Gasteiger partial charge in [0.25, 0.3) is 0 Å². The Kier molecular flexibility index (Phi) is 19.2. The monoisotopic (exact) mass is 450 g/mol. The zero-order chi connectivity index (χ0) is 17.9. The maximum absolute atomic E-state index is 11.6. The smallest absolute Gasteiger partial charge is 0.334 e. The minimum atomic E-state index is -0.137. The van der Waals surface area contributed by atoms with E-state index in [1.807, 2.05) is 6.92 Å². The van der Waals surface area contributed by atoms with Gasteiger partial charge < -0.3 is 4.74 Å². The van der Waals surface area contributed by atoms with Gasteiger partial charge in [0.2, 0.25) is 0 Å². The summed E-state index contributed by atoms with van der Waals surface area (Å²) < 4.78 is 5.80. The average molecular weight is 450 g/mol. The highest BCUT2D eigenvalue weighted by Crippen LogP contribution is 2.14. The molecule has 0 aliphatic heterocycles. The summed E-state index contributed by atoms with van der Waals surface area (Å²) in [6.45, 7) is 4.60. The standard InChI is InChI=1S/C21H39IO2/c1-3-5-6-7-8-9-10-11-12-13-14-15-16-17-18-20(19-22)21(23)24-4-2/h18H,3-17,19H2,1-2H3/b20-18+. The molecule has 0 radical (unpaired) electrons. The van der Waals surface area contributed by atoms with Crippen molar-refractivity contribution in [2.75, 3.05) is 11.0 Å². The van der Waals surface area contributed by atoms with Crippen molar-refractivity contribution in [1.82, 2.24) is 0 Å². The van der Waals surface area contributed by atoms with Crippen LogP contribution in [-0.2, 0) is 9.53 Å². The fourth-order valence-corrected chi connectivity index (χ4v) is 3.48. The predicted molar refractivity (Wildman–Crippen MR) is 114 cm³/mol. The summed E-state index contributed by atoms with van der Waals surface area (Å²) in [6.07, 6.45) is 21.0. The predicted octanol–water partition coefficient (Wildman–Crippen LogP) is 7.39. The van der Waals surface area contributed by atoms with Crippen molar-refractivity contribution in [1.29, 1.82) is 0 Å². The van der Waals surface area contributed by atoms with Crippen LogP contribution in [0.25, 0.3) is 0 Å². The number of carbonyl (C=O) groups excluding carboxylic acids is 1. The summed E-state index contributed by atoms with van der Waals surface area (Å²) in [5, 5.41) is 0. The van der Waals surface area contributed by atoms with Crippen molar-refractivity contribution >= 4 is 28.6 Å². The van der Waals surface area contributed by atoms with Crippen LogP contribution >= 0.6 is 22.6 Å². The van der Waals surface area contributed by atoms with Crippen molar-refractivity contribution in [2.45, 2.75) is 104 Å². The van der Waals surface area contributed by atoms with E-state index in [-0.39, 0.29) is 5.97 Å². The number of alkyl halides is 1. The van der Waals surface area contributed by atoms with Crippen LogP contribution in [0, 0.1) is 0 Å². The molecule has 0 aliphatic rings. The molecular weight excluding hydrogens is 411 g/mol. The van der Waals surface area contributed by atoms with Gasteiger partial charge in [-0.15, -0.1) is 0 Å². The Morgan fingerprint density at radius 2 is 1.25 bits per heavy atom. The average Bonchev–Trinajstić information content (AvgIpc) is 2.58. The van der Waals surface area contributed by atoms with E-state index in [2.05, 4.69) is 35.6 Å². The van der Waals surface area contributed by atoms with Crippen molar-refractivity contribution < 1.29 is 9.53 Å². The SMILES string of the molecule is CCCCCCCCCCCCCCC/C=C(\CI)C(=O)OCC. The third-order valence-corrected chi connectivity index (χ3v) is 5.20. The summed E-state index contributed by atoms with van der Waals surface area (Å²) >= 11 is 2.23. The van der Waals surface area contributed by atoms with Crippen molar-refractivity contribution in [3.63, 3.8) is 0 Å². The van der Waals surface area contributed by atoms with Crippen LogP contribution in [0.2, 0.25) is 0 Å². The zero-order valence-corrected chi connectivity index (χ0v) is 18.2. The molecule has 142 valence electrons. The van der Waals surface area contributed by atoms with Crippen LogP contribution < -0.4 is 0 Å². The largest absolute Gasteiger partial charge is 0.463 e. The Labute approximate surface area is 164 Å². The Morgan fingerprint density at radius 3 is 1.67 bits per heavy atom. The van der Waals surface area contributed by atoms with Gasteiger partial charge >= 0.3 is 5.97 Å². The number of hydrogen-bond donors (Lipinski definition) is 0. The Morgan fingerprint density at radius 1 is 0.792 bits per heavy atom. The molecule has 0 saturated heterocycles. The number of carbonyl (C=O) groups is 1. The first-order valence-corrected chi connectivity index (χ1v) is 11.7. The lowest BCUT2D eigenvalue weighted by Crippen LogP contribution is -2.08. The molecule has 0 unspecified atom stereocenters. The molecule has 0 aromatic carbocycles. The zero-order valence-electron chi connectivity index (χ0n) is 16.1. The van der Waals surface area contributed by atoms with E-state index in [1.165, 1.54) is 83.5 Å². The summed E-state index contributed by atoms with van der Waals surface area (Å²) in [4.78, 5) is 11.6. The molecule has 0 atom stereocenters. The second kappa shape index (κ2) is 19.3. The maximum atomic E-state index is 11.6. The molecule has 2 nitrogen and oxygen atoms in total. The van der Waals surface area contributed by atoms with Gasteiger partial charge in [-0.3, -0.25) is 0 Å². The summed E-state index contributed by atoms with van der Waals surface area (Å²) in [7, 11) is 0. The molecule has 0 fully saturated rings. The first-order valence-electron chi connectivity index (χ1n) is 10.2. The van der Waals surface area contributed by atoms with Gasteiger partial charge in [-0.25, -0.2) is 4.79 Å². The number of unbranched alkanes of at least 4 members (excludes halogenated alkanes) is 13. The lowest BCUT2D eigenvalue weighted by Gasteiger charge is -2.04. The molecular formula is C21H39IO2. The second-order valence-electron chi connectivity index (χ2n) is 6.61. The van der Waals surface area contributed by atoms with E-state index in [0.717, 1.165) is 16.4 Å². The fourth-order valence-electron chi connectivity index (χ4n) is 2.85. The van der Waals surface area contributed by atoms with Gasteiger partial charge in [0.15, 0.2) is 0 Å². The van der Waals surface area contributed by atoms with Crippen molar-refractivity contribution in [3.05, 3.63) is 11.6 Å². The van der Waals surface area contributed by atoms with Crippen LogP contribution in [0.15, 0.2) is 11.6 Å². The van der Waals surface area contributed by atoms with Crippen LogP contribution in [0.5, 0.6) is 0 Å². The van der Waals surface area contributed by atoms with Crippen LogP contribution in [0.3, 0.4) is 0 Å². The third-order valence-electron chi connectivity index (χ3n) is 4.38. The molecule has 0 spiro atoms. The highest BCUT2D eigenvalue weighted by Gasteiger charge is 2.07. The fraction of sp³-hybridized carbons (Fsp3) is 0.857. The third kappa shape index (κ3) is 15.5. The van der Waals surface area contributed by atoms with E-state index in [4.69, 9.17) is 4.74 Å². The molecule has 0 heterocycles. The number of hydrogen-bond acceptors (Lipinski definition) is 2. The van der Waals surface area contributed by atoms with Gasteiger partial charge in [0, 0.05) is 10.0 Å². The van der Waals surface area contributed by atoms with E-state index >= 15 is 0 Å². The molecule has 0 aromatic rings. The van der Waals surface area contributed by atoms with Crippen molar-refractivity contribution in [3.8, 4) is 0 Å². The Balaban J connectivity index is 3.37. The highest BCUT2D eigenvalue weighted by molar-refractivity contribution is 14.1. The molecule has 0 saturated carbocycles. The van der Waals surface area contributed by atoms with Crippen LogP contribution in [-0.4, -0.2) is 17.0 Å². The molecule has 0 aliphatic carbocycles. The highest BCUT2D eigenvalue weighted by atomic mass is 127. The number of esters is 1. The van der Waals surface area contributed by atoms with Crippen molar-refractivity contribution in [2.24, 2.45) is 0 Å². The minimum Gasteiger partial charge on any atom is -0.463 e. The molecule has 0 aromatic heterocycles. The normalized spacial score (nSPS) is 11.7. The van der Waals surface area contributed by atoms with Crippen LogP contribution in [0.4, 0.5) is 0 Å². The van der Waals surface area contributed by atoms with Crippen LogP contribution in [0.1, 0.15) is 104 Å². The minimum absolute atomic E-state index is 0.137. The van der Waals surface area contributed by atoms with E-state index in [9.17, 15) is 4.79 Å². The molecule has 3 heteroatoms. The topological polar surface area (TPSA) is 26.3 Å². The van der Waals surface area contributed by atoms with Gasteiger partial charge in [-0.05, 0) is 19.8 Å².